The molecule has 9 heteroatoms. The Morgan fingerprint density at radius 3 is 2.46 bits per heavy atom. The lowest BCUT2D eigenvalue weighted by atomic mass is 9.89. The fourth-order valence-electron chi connectivity index (χ4n) is 5.82. The highest BCUT2D eigenvalue weighted by molar-refractivity contribution is 6.21. The first kappa shape index (κ1) is 26.5. The van der Waals surface area contributed by atoms with Crippen molar-refractivity contribution < 1.29 is 24.2 Å². The number of aromatic nitrogens is 1. The van der Waals surface area contributed by atoms with Crippen LogP contribution in [0.15, 0.2) is 60.7 Å². The monoisotopic (exact) mass is 552 g/mol. The van der Waals surface area contributed by atoms with Gasteiger partial charge in [-0.1, -0.05) is 30.3 Å². The van der Waals surface area contributed by atoms with Crippen LogP contribution in [0.4, 0.5) is 15.8 Å². The molecule has 2 heterocycles. The molecule has 0 bridgehead atoms. The summed E-state index contributed by atoms with van der Waals surface area (Å²) in [4.78, 5) is 30.6. The summed E-state index contributed by atoms with van der Waals surface area (Å²) in [6.45, 7) is 7.14. The Hall–Kier alpha value is -4.73. The van der Waals surface area contributed by atoms with Crippen molar-refractivity contribution in [3.8, 4) is 11.1 Å². The number of carbonyl (C=O) groups is 2. The molecule has 1 atom stereocenters. The van der Waals surface area contributed by atoms with Crippen LogP contribution in [0.3, 0.4) is 0 Å². The minimum atomic E-state index is -1.49. The summed E-state index contributed by atoms with van der Waals surface area (Å²) in [5.74, 6) is -1.74. The van der Waals surface area contributed by atoms with Gasteiger partial charge >= 0.3 is 0 Å². The highest BCUT2D eigenvalue weighted by atomic mass is 19.1. The third-order valence-corrected chi connectivity index (χ3v) is 7.86. The number of hydrogen-bond acceptors (Lipinski definition) is 5. The highest BCUT2D eigenvalue weighted by Crippen LogP contribution is 2.43. The lowest BCUT2D eigenvalue weighted by Crippen LogP contribution is -2.49. The van der Waals surface area contributed by atoms with E-state index in [1.165, 1.54) is 23.1 Å². The Morgan fingerprint density at radius 2 is 1.76 bits per heavy atom. The average Bonchev–Trinajstić information content (AvgIpc) is 3.28. The number of nitrogens with one attached hydrogen (secondary N) is 2. The quantitative estimate of drug-likeness (QED) is 0.203. The number of halogens is 1. The second-order valence-corrected chi connectivity index (χ2v) is 11.0. The van der Waals surface area contributed by atoms with Crippen molar-refractivity contribution in [3.05, 3.63) is 94.3 Å². The number of nitrogens with two attached hydrogens (primary N) is 1. The van der Waals surface area contributed by atoms with Crippen LogP contribution in [-0.2, 0) is 5.60 Å². The number of hydrogen-bond donors (Lipinski definition) is 5. The van der Waals surface area contributed by atoms with Crippen LogP contribution < -0.4 is 16.0 Å². The van der Waals surface area contributed by atoms with Crippen molar-refractivity contribution in [3.63, 3.8) is 0 Å². The van der Waals surface area contributed by atoms with E-state index in [1.54, 1.807) is 32.0 Å². The Morgan fingerprint density at radius 1 is 1.05 bits per heavy atom. The SMILES string of the molecule is Cc1cc(C(N)=O)c2[nH]c3cc(C(C)(C)O)ccc3c2c1-c1cccc(N2C(=O)c3cccc(F)c3NC2O)c1C. The Kier molecular flexibility index (Phi) is 5.91. The van der Waals surface area contributed by atoms with Crippen LogP contribution in [-0.4, -0.2) is 33.4 Å². The molecule has 1 aliphatic rings. The maximum Gasteiger partial charge on any atom is 0.264 e. The molecule has 0 spiro atoms. The van der Waals surface area contributed by atoms with E-state index in [-0.39, 0.29) is 11.3 Å². The van der Waals surface area contributed by atoms with Crippen molar-refractivity contribution in [2.24, 2.45) is 5.73 Å². The molecular weight excluding hydrogens is 523 g/mol. The van der Waals surface area contributed by atoms with Gasteiger partial charge in [-0.05, 0) is 85.8 Å². The third-order valence-electron chi connectivity index (χ3n) is 7.86. The summed E-state index contributed by atoms with van der Waals surface area (Å²) in [7, 11) is 0. The number of amides is 2. The van der Waals surface area contributed by atoms with Crippen LogP contribution in [0.5, 0.6) is 0 Å². The van der Waals surface area contributed by atoms with Crippen molar-refractivity contribution in [1.82, 2.24) is 4.98 Å². The minimum absolute atomic E-state index is 0.0427. The highest BCUT2D eigenvalue weighted by Gasteiger charge is 2.35. The Labute approximate surface area is 235 Å². The van der Waals surface area contributed by atoms with Gasteiger partial charge in [0.1, 0.15) is 5.82 Å². The fraction of sp³-hybridized carbons (Fsp3) is 0.188. The first-order chi connectivity index (χ1) is 19.4. The van der Waals surface area contributed by atoms with Gasteiger partial charge < -0.3 is 26.2 Å². The number of carbonyl (C=O) groups excluding carboxylic acids is 2. The molecule has 0 saturated carbocycles. The number of aromatic amines is 1. The first-order valence-electron chi connectivity index (χ1n) is 13.2. The zero-order valence-corrected chi connectivity index (χ0v) is 23.0. The lowest BCUT2D eigenvalue weighted by Gasteiger charge is -2.35. The van der Waals surface area contributed by atoms with Crippen molar-refractivity contribution >= 4 is 45.0 Å². The van der Waals surface area contributed by atoms with Crippen molar-refractivity contribution in [2.45, 2.75) is 39.6 Å². The Bertz CT molecular complexity index is 1920. The summed E-state index contributed by atoms with van der Waals surface area (Å²) in [6.07, 6.45) is -1.49. The lowest BCUT2D eigenvalue weighted by molar-refractivity contribution is 0.0786. The van der Waals surface area contributed by atoms with Crippen molar-refractivity contribution in [1.29, 1.82) is 0 Å². The van der Waals surface area contributed by atoms with E-state index >= 15 is 0 Å². The third kappa shape index (κ3) is 4.04. The number of nitrogens with zero attached hydrogens (tertiary/aromatic N) is 1. The minimum Gasteiger partial charge on any atom is -0.386 e. The standard InChI is InChI=1S/C32H29FN4O4/c1-15-13-21(29(34)38)28-26(19-12-11-17(32(3,4)41)14-23(19)35-28)25(15)18-7-6-10-24(16(18)2)37-30(39)20-8-5-9-22(33)27(20)36-31(37)40/h5-14,31,35-36,40-41H,1-4H3,(H2,34,38). The molecule has 41 heavy (non-hydrogen) atoms. The number of aryl methyl sites for hydroxylation is 1. The molecule has 1 aliphatic heterocycles. The molecule has 6 rings (SSSR count). The smallest absolute Gasteiger partial charge is 0.264 e. The summed E-state index contributed by atoms with van der Waals surface area (Å²) in [5.41, 5.74) is 10.6. The molecule has 1 unspecified atom stereocenters. The van der Waals surface area contributed by atoms with Crippen LogP contribution in [0.25, 0.3) is 32.9 Å². The van der Waals surface area contributed by atoms with Crippen LogP contribution in [0.2, 0.25) is 0 Å². The first-order valence-corrected chi connectivity index (χ1v) is 13.2. The zero-order chi connectivity index (χ0) is 29.4. The summed E-state index contributed by atoms with van der Waals surface area (Å²) < 4.78 is 14.4. The van der Waals surface area contributed by atoms with Crippen LogP contribution in [0.1, 0.15) is 51.3 Å². The van der Waals surface area contributed by atoms with Gasteiger partial charge in [0.25, 0.3) is 11.8 Å². The van der Waals surface area contributed by atoms with E-state index in [9.17, 15) is 24.2 Å². The molecule has 2 amide bonds. The second-order valence-electron chi connectivity index (χ2n) is 11.0. The molecule has 0 fully saturated rings. The second kappa shape index (κ2) is 9.15. The maximum absolute atomic E-state index is 14.4. The number of H-pyrrole nitrogens is 1. The number of rotatable bonds is 4. The number of aliphatic hydroxyl groups is 2. The van der Waals surface area contributed by atoms with Gasteiger partial charge in [-0.25, -0.2) is 4.39 Å². The van der Waals surface area contributed by atoms with Gasteiger partial charge in [0.05, 0.1) is 33.6 Å². The van der Waals surface area contributed by atoms with Crippen LogP contribution >= 0.6 is 0 Å². The molecule has 4 aromatic carbocycles. The van der Waals surface area contributed by atoms with E-state index in [2.05, 4.69) is 10.3 Å². The maximum atomic E-state index is 14.4. The Balaban J connectivity index is 1.60. The van der Waals surface area contributed by atoms with Crippen molar-refractivity contribution in [2.75, 3.05) is 10.2 Å². The number of primary amides is 1. The summed E-state index contributed by atoms with van der Waals surface area (Å²) in [5, 5.41) is 25.8. The number of anilines is 2. The van der Waals surface area contributed by atoms with E-state index in [0.29, 0.717) is 27.9 Å². The van der Waals surface area contributed by atoms with E-state index < -0.39 is 29.6 Å². The van der Waals surface area contributed by atoms with Gasteiger partial charge in [0.2, 0.25) is 6.35 Å². The summed E-state index contributed by atoms with van der Waals surface area (Å²) in [6, 6.07) is 17.0. The van der Waals surface area contributed by atoms with Gasteiger partial charge in [-0.3, -0.25) is 14.5 Å². The number of benzene rings is 4. The predicted octanol–water partition coefficient (Wildman–Crippen LogP) is 5.42. The number of para-hydroxylation sites is 1. The molecule has 0 radical (unpaired) electrons. The molecular formula is C32H29FN4O4. The summed E-state index contributed by atoms with van der Waals surface area (Å²) >= 11 is 0. The molecule has 208 valence electrons. The molecule has 6 N–H and O–H groups in total. The molecule has 5 aromatic rings. The predicted molar refractivity (Wildman–Crippen MR) is 157 cm³/mol. The molecule has 0 aliphatic carbocycles. The van der Waals surface area contributed by atoms with E-state index in [0.717, 1.165) is 33.0 Å². The van der Waals surface area contributed by atoms with Gasteiger partial charge in [0, 0.05) is 16.3 Å². The zero-order valence-electron chi connectivity index (χ0n) is 23.0. The number of fused-ring (bicyclic) bond motifs is 4. The normalized spacial score (nSPS) is 15.3. The fourth-order valence-corrected chi connectivity index (χ4v) is 5.82. The average molecular weight is 553 g/mol. The largest absolute Gasteiger partial charge is 0.386 e. The topological polar surface area (TPSA) is 132 Å². The molecule has 8 nitrogen and oxygen atoms in total. The molecule has 0 saturated heterocycles. The van der Waals surface area contributed by atoms with Crippen LogP contribution in [0, 0.1) is 19.7 Å². The van der Waals surface area contributed by atoms with Gasteiger partial charge in [-0.15, -0.1) is 0 Å². The van der Waals surface area contributed by atoms with Gasteiger partial charge in [-0.2, -0.15) is 0 Å². The van der Waals surface area contributed by atoms with E-state index in [4.69, 9.17) is 5.73 Å². The molecule has 1 aromatic heterocycles. The van der Waals surface area contributed by atoms with Gasteiger partial charge in [0.15, 0.2) is 0 Å². The number of aliphatic hydroxyl groups excluding tert-OH is 1. The van der Waals surface area contributed by atoms with E-state index in [1.807, 2.05) is 38.1 Å².